The van der Waals surface area contributed by atoms with Crippen molar-refractivity contribution < 1.29 is 4.79 Å². The lowest BCUT2D eigenvalue weighted by Crippen LogP contribution is -2.13. The minimum atomic E-state index is -0.228. The number of aromatic nitrogens is 2. The van der Waals surface area contributed by atoms with Gasteiger partial charge in [-0.3, -0.25) is 4.79 Å². The predicted octanol–water partition coefficient (Wildman–Crippen LogP) is 5.52. The van der Waals surface area contributed by atoms with E-state index in [0.717, 1.165) is 22.5 Å². The van der Waals surface area contributed by atoms with E-state index in [1.54, 1.807) is 12.4 Å². The third-order valence-electron chi connectivity index (χ3n) is 4.84. The van der Waals surface area contributed by atoms with Crippen LogP contribution in [0.1, 0.15) is 52.4 Å². The van der Waals surface area contributed by atoms with Crippen molar-refractivity contribution in [2.75, 3.05) is 10.6 Å². The number of para-hydroxylation sites is 1. The molecule has 5 nitrogen and oxygen atoms in total. The van der Waals surface area contributed by atoms with Gasteiger partial charge < -0.3 is 10.6 Å². The Balaban J connectivity index is 1.75. The Bertz CT molecular complexity index is 994. The highest BCUT2D eigenvalue weighted by atomic mass is 16.1. The molecule has 1 heterocycles. The van der Waals surface area contributed by atoms with Gasteiger partial charge in [-0.15, -0.1) is 0 Å². The Hall–Kier alpha value is -3.21. The lowest BCUT2D eigenvalue weighted by molar-refractivity contribution is 0.102. The fourth-order valence-corrected chi connectivity index (χ4v) is 2.99. The maximum atomic E-state index is 12.5. The smallest absolute Gasteiger partial charge is 0.258 e. The fourth-order valence-electron chi connectivity index (χ4n) is 2.99. The van der Waals surface area contributed by atoms with Gasteiger partial charge in [0.05, 0.1) is 5.56 Å². The van der Waals surface area contributed by atoms with Gasteiger partial charge in [-0.25, -0.2) is 9.97 Å². The zero-order valence-corrected chi connectivity index (χ0v) is 17.0. The minimum Gasteiger partial charge on any atom is -0.324 e. The van der Waals surface area contributed by atoms with Crippen LogP contribution in [0, 0.1) is 20.8 Å². The van der Waals surface area contributed by atoms with Gasteiger partial charge >= 0.3 is 0 Å². The van der Waals surface area contributed by atoms with Gasteiger partial charge in [0.2, 0.25) is 5.95 Å². The molecule has 0 aliphatic rings. The summed E-state index contributed by atoms with van der Waals surface area (Å²) in [5.41, 5.74) is 6.85. The Kier molecular flexibility index (Phi) is 5.73. The summed E-state index contributed by atoms with van der Waals surface area (Å²) in [6, 6.07) is 12.0. The van der Waals surface area contributed by atoms with E-state index in [4.69, 9.17) is 0 Å². The van der Waals surface area contributed by atoms with Crippen LogP contribution < -0.4 is 10.6 Å². The number of rotatable bonds is 5. The summed E-state index contributed by atoms with van der Waals surface area (Å²) in [6.07, 6.45) is 3.08. The van der Waals surface area contributed by atoms with E-state index in [9.17, 15) is 4.79 Å². The van der Waals surface area contributed by atoms with Crippen molar-refractivity contribution in [2.24, 2.45) is 0 Å². The first-order valence-electron chi connectivity index (χ1n) is 9.42. The maximum Gasteiger partial charge on any atom is 0.258 e. The van der Waals surface area contributed by atoms with Gasteiger partial charge in [0, 0.05) is 23.8 Å². The van der Waals surface area contributed by atoms with Crippen LogP contribution in [0.4, 0.5) is 17.3 Å². The molecule has 1 amide bonds. The molecule has 28 heavy (non-hydrogen) atoms. The summed E-state index contributed by atoms with van der Waals surface area (Å²) in [7, 11) is 0. The summed E-state index contributed by atoms with van der Waals surface area (Å²) in [5, 5.41) is 6.19. The van der Waals surface area contributed by atoms with Gasteiger partial charge in [0.25, 0.3) is 5.91 Å². The summed E-state index contributed by atoms with van der Waals surface area (Å²) in [6.45, 7) is 10.4. The quantitative estimate of drug-likeness (QED) is 0.617. The number of nitrogens with one attached hydrogen (secondary N) is 2. The number of amides is 1. The topological polar surface area (TPSA) is 66.9 Å². The molecule has 3 rings (SSSR count). The molecule has 0 unspecified atom stereocenters. The molecule has 3 aromatic rings. The van der Waals surface area contributed by atoms with Gasteiger partial charge in [0.1, 0.15) is 0 Å². The number of anilines is 3. The van der Waals surface area contributed by atoms with Gasteiger partial charge in [0.15, 0.2) is 0 Å². The maximum absolute atomic E-state index is 12.5. The van der Waals surface area contributed by atoms with Crippen LogP contribution >= 0.6 is 0 Å². The van der Waals surface area contributed by atoms with E-state index in [1.807, 2.05) is 32.0 Å². The molecule has 0 spiro atoms. The minimum absolute atomic E-state index is 0.228. The highest BCUT2D eigenvalue weighted by Crippen LogP contribution is 2.29. The fraction of sp³-hybridized carbons (Fsp3) is 0.261. The number of hydrogen-bond donors (Lipinski definition) is 2. The van der Waals surface area contributed by atoms with Crippen LogP contribution in [0.5, 0.6) is 0 Å². The Labute approximate surface area is 166 Å². The number of carbonyl (C=O) groups excluding carboxylic acids is 1. The third-order valence-corrected chi connectivity index (χ3v) is 4.84. The molecule has 0 radical (unpaired) electrons. The van der Waals surface area contributed by atoms with Crippen molar-refractivity contribution in [3.63, 3.8) is 0 Å². The van der Waals surface area contributed by atoms with E-state index in [2.05, 4.69) is 59.6 Å². The molecule has 0 atom stereocenters. The van der Waals surface area contributed by atoms with E-state index in [-0.39, 0.29) is 5.91 Å². The van der Waals surface area contributed by atoms with Crippen LogP contribution in [-0.4, -0.2) is 15.9 Å². The van der Waals surface area contributed by atoms with Crippen LogP contribution in [0.25, 0.3) is 0 Å². The summed E-state index contributed by atoms with van der Waals surface area (Å²) >= 11 is 0. The first-order chi connectivity index (χ1) is 13.3. The molecule has 0 aliphatic heterocycles. The van der Waals surface area contributed by atoms with E-state index in [0.29, 0.717) is 17.4 Å². The van der Waals surface area contributed by atoms with Crippen molar-refractivity contribution in [3.05, 3.63) is 76.6 Å². The Morgan fingerprint density at radius 2 is 1.64 bits per heavy atom. The molecule has 0 fully saturated rings. The number of aryl methyl sites for hydroxylation is 3. The molecule has 2 N–H and O–H groups in total. The second kappa shape index (κ2) is 8.21. The molecule has 0 saturated carbocycles. The lowest BCUT2D eigenvalue weighted by atomic mass is 9.98. The predicted molar refractivity (Wildman–Crippen MR) is 114 cm³/mol. The summed E-state index contributed by atoms with van der Waals surface area (Å²) in [4.78, 5) is 21.1. The van der Waals surface area contributed by atoms with Gasteiger partial charge in [-0.05, 0) is 61.1 Å². The molecular weight excluding hydrogens is 348 g/mol. The summed E-state index contributed by atoms with van der Waals surface area (Å²) in [5.74, 6) is 0.623. The molecule has 0 saturated heterocycles. The van der Waals surface area contributed by atoms with Crippen molar-refractivity contribution in [1.29, 1.82) is 0 Å². The van der Waals surface area contributed by atoms with Gasteiger partial charge in [-0.1, -0.05) is 38.1 Å². The van der Waals surface area contributed by atoms with Crippen LogP contribution in [0.15, 0.2) is 48.8 Å². The van der Waals surface area contributed by atoms with Crippen LogP contribution in [0.3, 0.4) is 0 Å². The molecule has 0 aliphatic carbocycles. The molecule has 1 aromatic heterocycles. The molecular formula is C23H26N4O. The molecule has 0 bridgehead atoms. The van der Waals surface area contributed by atoms with E-state index < -0.39 is 0 Å². The first-order valence-corrected chi connectivity index (χ1v) is 9.42. The molecule has 2 aromatic carbocycles. The number of hydrogen-bond acceptors (Lipinski definition) is 4. The largest absolute Gasteiger partial charge is 0.324 e. The Morgan fingerprint density at radius 1 is 0.929 bits per heavy atom. The second-order valence-electron chi connectivity index (χ2n) is 7.37. The Morgan fingerprint density at radius 3 is 2.29 bits per heavy atom. The standard InChI is InChI=1S/C23H26N4O/c1-14(2)20-8-6-7-16(4)21(20)27-23-24-12-18(13-25-23)22(28)26-19-10-9-15(3)17(5)11-19/h6-14H,1-5H3,(H,26,28)(H,24,25,27). The van der Waals surface area contributed by atoms with Crippen molar-refractivity contribution >= 4 is 23.2 Å². The average Bonchev–Trinajstić information content (AvgIpc) is 2.66. The third kappa shape index (κ3) is 4.36. The lowest BCUT2D eigenvalue weighted by Gasteiger charge is -2.16. The van der Waals surface area contributed by atoms with Crippen molar-refractivity contribution in [3.8, 4) is 0 Å². The first kappa shape index (κ1) is 19.5. The van der Waals surface area contributed by atoms with Crippen molar-refractivity contribution in [1.82, 2.24) is 9.97 Å². The van der Waals surface area contributed by atoms with E-state index in [1.165, 1.54) is 11.1 Å². The SMILES string of the molecule is Cc1ccc(NC(=O)c2cnc(Nc3c(C)cccc3C(C)C)nc2)cc1C. The number of carbonyl (C=O) groups is 1. The average molecular weight is 374 g/mol. The highest BCUT2D eigenvalue weighted by molar-refractivity contribution is 6.04. The van der Waals surface area contributed by atoms with Crippen LogP contribution in [-0.2, 0) is 0 Å². The normalized spacial score (nSPS) is 10.8. The second-order valence-corrected chi connectivity index (χ2v) is 7.37. The zero-order valence-electron chi connectivity index (χ0n) is 17.0. The number of nitrogens with zero attached hydrogens (tertiary/aromatic N) is 2. The van der Waals surface area contributed by atoms with Gasteiger partial charge in [-0.2, -0.15) is 0 Å². The van der Waals surface area contributed by atoms with Crippen LogP contribution in [0.2, 0.25) is 0 Å². The molecule has 5 heteroatoms. The van der Waals surface area contributed by atoms with E-state index >= 15 is 0 Å². The summed E-state index contributed by atoms with van der Waals surface area (Å²) < 4.78 is 0. The molecule has 144 valence electrons. The highest BCUT2D eigenvalue weighted by Gasteiger charge is 2.12. The van der Waals surface area contributed by atoms with Crippen molar-refractivity contribution in [2.45, 2.75) is 40.5 Å². The monoisotopic (exact) mass is 374 g/mol. The zero-order chi connectivity index (χ0) is 20.3. The number of benzene rings is 2.